The summed E-state index contributed by atoms with van der Waals surface area (Å²) in [6, 6.07) is 18.9. The van der Waals surface area contributed by atoms with Crippen LogP contribution in [0.25, 0.3) is 21.8 Å². The lowest BCUT2D eigenvalue weighted by Gasteiger charge is -2.11. The largest absolute Gasteiger partial charge is 0.491 e. The van der Waals surface area contributed by atoms with Crippen molar-refractivity contribution in [3.63, 3.8) is 0 Å². The first-order valence-corrected chi connectivity index (χ1v) is 11.5. The quantitative estimate of drug-likeness (QED) is 0.262. The third kappa shape index (κ3) is 7.41. The predicted octanol–water partition coefficient (Wildman–Crippen LogP) is 3.46. The van der Waals surface area contributed by atoms with Gasteiger partial charge in [0.05, 0.1) is 50.7 Å². The number of hydrogen-bond donors (Lipinski definition) is 2. The maximum atomic E-state index is 5.85. The molecule has 0 aliphatic heterocycles. The van der Waals surface area contributed by atoms with Gasteiger partial charge >= 0.3 is 0 Å². The maximum absolute atomic E-state index is 5.85. The molecule has 2 heterocycles. The highest BCUT2D eigenvalue weighted by molar-refractivity contribution is 5.86. The average Bonchev–Trinajstić information content (AvgIpc) is 2.86. The molecule has 0 atom stereocenters. The second kappa shape index (κ2) is 12.7. The molecule has 0 fully saturated rings. The van der Waals surface area contributed by atoms with E-state index in [1.54, 1.807) is 12.1 Å². The van der Waals surface area contributed by atoms with E-state index in [0.717, 1.165) is 27.6 Å². The number of nitrogen functional groups attached to an aromatic ring is 2. The zero-order valence-electron chi connectivity index (χ0n) is 19.5. The van der Waals surface area contributed by atoms with E-state index in [9.17, 15) is 0 Å². The molecule has 0 spiro atoms. The van der Waals surface area contributed by atoms with Gasteiger partial charge in [0.25, 0.3) is 0 Å². The molecule has 184 valence electrons. The summed E-state index contributed by atoms with van der Waals surface area (Å²) in [6.07, 6.45) is 0. The van der Waals surface area contributed by atoms with E-state index in [4.69, 9.17) is 35.2 Å². The highest BCUT2D eigenvalue weighted by Gasteiger charge is 2.05. The second-order valence-electron chi connectivity index (χ2n) is 7.69. The Morgan fingerprint density at radius 3 is 1.97 bits per heavy atom. The Kier molecular flexibility index (Phi) is 8.88. The zero-order valence-corrected chi connectivity index (χ0v) is 19.5. The third-order valence-electron chi connectivity index (χ3n) is 5.11. The molecule has 0 aliphatic carbocycles. The van der Waals surface area contributed by atoms with Crippen LogP contribution >= 0.6 is 0 Å². The molecule has 2 aromatic heterocycles. The van der Waals surface area contributed by atoms with Crippen LogP contribution in [0.3, 0.4) is 0 Å². The summed E-state index contributed by atoms with van der Waals surface area (Å²) in [6.45, 7) is 3.70. The number of fused-ring (bicyclic) bond motifs is 2. The smallest absolute Gasteiger partial charge is 0.132 e. The Labute approximate surface area is 203 Å². The molecule has 0 aliphatic rings. The van der Waals surface area contributed by atoms with Gasteiger partial charge < -0.3 is 35.2 Å². The highest BCUT2D eigenvalue weighted by Crippen LogP contribution is 2.26. The van der Waals surface area contributed by atoms with Crippen LogP contribution in [0.2, 0.25) is 0 Å². The molecule has 4 aromatic rings. The van der Waals surface area contributed by atoms with Crippen LogP contribution in [-0.4, -0.2) is 62.8 Å². The summed E-state index contributed by atoms with van der Waals surface area (Å²) in [5, 5.41) is 1.94. The third-order valence-corrected chi connectivity index (χ3v) is 5.11. The Morgan fingerprint density at radius 2 is 1.20 bits per heavy atom. The number of rotatable bonds is 14. The molecule has 0 saturated carbocycles. The molecule has 4 rings (SSSR count). The lowest BCUT2D eigenvalue weighted by atomic mass is 10.2. The van der Waals surface area contributed by atoms with Gasteiger partial charge in [-0.05, 0) is 36.4 Å². The van der Waals surface area contributed by atoms with Gasteiger partial charge in [-0.1, -0.05) is 12.1 Å². The number of anilines is 2. The van der Waals surface area contributed by atoms with Crippen LogP contribution in [0.15, 0.2) is 60.7 Å². The van der Waals surface area contributed by atoms with E-state index < -0.39 is 0 Å². The number of ether oxygens (including phenoxy) is 5. The number of pyridine rings is 2. The van der Waals surface area contributed by atoms with Crippen LogP contribution < -0.4 is 20.9 Å². The van der Waals surface area contributed by atoms with Crippen molar-refractivity contribution in [2.45, 2.75) is 0 Å². The Bertz CT molecular complexity index is 1240. The van der Waals surface area contributed by atoms with Crippen LogP contribution in [0, 0.1) is 0 Å². The van der Waals surface area contributed by atoms with E-state index in [1.807, 2.05) is 48.5 Å². The van der Waals surface area contributed by atoms with E-state index in [-0.39, 0.29) is 0 Å². The van der Waals surface area contributed by atoms with Gasteiger partial charge in [0, 0.05) is 22.9 Å². The lowest BCUT2D eigenvalue weighted by molar-refractivity contribution is 0.00506. The van der Waals surface area contributed by atoms with Crippen LogP contribution in [-0.2, 0) is 14.2 Å². The van der Waals surface area contributed by atoms with Gasteiger partial charge in [-0.3, -0.25) is 0 Å². The monoisotopic (exact) mass is 478 g/mol. The van der Waals surface area contributed by atoms with Crippen molar-refractivity contribution in [2.24, 2.45) is 0 Å². The van der Waals surface area contributed by atoms with Gasteiger partial charge in [0.15, 0.2) is 0 Å². The van der Waals surface area contributed by atoms with Crippen molar-refractivity contribution in [3.05, 3.63) is 60.7 Å². The van der Waals surface area contributed by atoms with Gasteiger partial charge in [-0.25, -0.2) is 9.97 Å². The van der Waals surface area contributed by atoms with Crippen molar-refractivity contribution in [1.82, 2.24) is 9.97 Å². The van der Waals surface area contributed by atoms with Crippen molar-refractivity contribution in [2.75, 3.05) is 64.3 Å². The van der Waals surface area contributed by atoms with Crippen molar-refractivity contribution < 1.29 is 23.7 Å². The summed E-state index contributed by atoms with van der Waals surface area (Å²) in [5.41, 5.74) is 13.2. The number of nitrogens with zero attached hydrogens (tertiary/aromatic N) is 2. The fourth-order valence-corrected chi connectivity index (χ4v) is 3.46. The highest BCUT2D eigenvalue weighted by atomic mass is 16.6. The van der Waals surface area contributed by atoms with Gasteiger partial charge in [-0.2, -0.15) is 0 Å². The van der Waals surface area contributed by atoms with Crippen molar-refractivity contribution in [1.29, 1.82) is 0 Å². The zero-order chi connectivity index (χ0) is 24.3. The van der Waals surface area contributed by atoms with Gasteiger partial charge in [-0.15, -0.1) is 0 Å². The molecular weight excluding hydrogens is 448 g/mol. The van der Waals surface area contributed by atoms with Crippen LogP contribution in [0.5, 0.6) is 11.5 Å². The molecule has 9 heteroatoms. The summed E-state index contributed by atoms with van der Waals surface area (Å²) in [4.78, 5) is 8.60. The van der Waals surface area contributed by atoms with Crippen molar-refractivity contribution >= 4 is 33.4 Å². The number of aromatic nitrogens is 2. The summed E-state index contributed by atoms with van der Waals surface area (Å²) in [5.74, 6) is 2.35. The number of benzene rings is 2. The fraction of sp³-hybridized carbons (Fsp3) is 0.308. The molecule has 0 saturated heterocycles. The number of nitrogens with two attached hydrogens (primary N) is 2. The first-order valence-electron chi connectivity index (χ1n) is 11.5. The van der Waals surface area contributed by atoms with E-state index >= 15 is 0 Å². The summed E-state index contributed by atoms with van der Waals surface area (Å²) >= 11 is 0. The normalized spacial score (nSPS) is 11.2. The van der Waals surface area contributed by atoms with Crippen LogP contribution in [0.1, 0.15) is 0 Å². The lowest BCUT2D eigenvalue weighted by Crippen LogP contribution is -2.14. The molecule has 0 bridgehead atoms. The molecule has 4 N–H and O–H groups in total. The Balaban J connectivity index is 1.00. The predicted molar refractivity (Wildman–Crippen MR) is 136 cm³/mol. The first-order chi connectivity index (χ1) is 17.2. The Morgan fingerprint density at radius 1 is 0.571 bits per heavy atom. The molecule has 0 radical (unpaired) electrons. The molecule has 0 unspecified atom stereocenters. The minimum atomic E-state index is 0.414. The average molecular weight is 479 g/mol. The van der Waals surface area contributed by atoms with E-state index in [2.05, 4.69) is 9.97 Å². The standard InChI is InChI=1S/C26H30N4O5/c27-25-8-6-19-5-7-20(17-23(19)30-25)34-15-13-32-11-9-31-10-12-33-14-16-35-24-18-26(28)29-22-4-2-1-3-21(22)24/h1-8,17-18H,9-16H2,(H2,27,30)(H2,28,29). The van der Waals surface area contributed by atoms with Gasteiger partial charge in [0.1, 0.15) is 36.3 Å². The molecular formula is C26H30N4O5. The van der Waals surface area contributed by atoms with E-state index in [0.29, 0.717) is 70.2 Å². The van der Waals surface area contributed by atoms with Crippen LogP contribution in [0.4, 0.5) is 11.6 Å². The molecule has 9 nitrogen and oxygen atoms in total. The number of hydrogen-bond acceptors (Lipinski definition) is 9. The minimum Gasteiger partial charge on any atom is -0.491 e. The molecule has 0 amide bonds. The second-order valence-corrected chi connectivity index (χ2v) is 7.69. The topological polar surface area (TPSA) is 124 Å². The van der Waals surface area contributed by atoms with E-state index in [1.165, 1.54) is 0 Å². The molecule has 2 aromatic carbocycles. The first kappa shape index (κ1) is 24.5. The van der Waals surface area contributed by atoms with Gasteiger partial charge in [0.2, 0.25) is 0 Å². The fourth-order valence-electron chi connectivity index (χ4n) is 3.46. The van der Waals surface area contributed by atoms with Crippen molar-refractivity contribution in [3.8, 4) is 11.5 Å². The Hall–Kier alpha value is -3.66. The summed E-state index contributed by atoms with van der Waals surface area (Å²) < 4.78 is 28.1. The minimum absolute atomic E-state index is 0.414. The molecule has 35 heavy (non-hydrogen) atoms. The SMILES string of the molecule is Nc1ccc2ccc(OCCOCCOCCOCCOc3cc(N)nc4ccccc34)cc2n1. The summed E-state index contributed by atoms with van der Waals surface area (Å²) in [7, 11) is 0. The maximum Gasteiger partial charge on any atom is 0.132 e. The number of para-hydroxylation sites is 1.